The number of thioether (sulfide) groups is 1. The molecule has 1 aliphatic carbocycles. The molecule has 6 heteroatoms. The highest BCUT2D eigenvalue weighted by molar-refractivity contribution is 8.15. The molecule has 2 fully saturated rings. The van der Waals surface area contributed by atoms with E-state index in [0.29, 0.717) is 11.2 Å². The van der Waals surface area contributed by atoms with Gasteiger partial charge >= 0.3 is 0 Å². The summed E-state index contributed by atoms with van der Waals surface area (Å²) in [6, 6.07) is 6.22. The predicted octanol–water partition coefficient (Wildman–Crippen LogP) is 3.55. The summed E-state index contributed by atoms with van der Waals surface area (Å²) in [5.41, 5.74) is 2.89. The number of amides is 2. The summed E-state index contributed by atoms with van der Waals surface area (Å²) in [6.07, 6.45) is 6.05. The summed E-state index contributed by atoms with van der Waals surface area (Å²) >= 11 is 1.39. The molecule has 1 heterocycles. The molecular formula is C19H25N3O2S. The van der Waals surface area contributed by atoms with Crippen LogP contribution >= 0.6 is 11.8 Å². The van der Waals surface area contributed by atoms with Gasteiger partial charge in [-0.2, -0.15) is 0 Å². The van der Waals surface area contributed by atoms with Crippen LogP contribution in [-0.4, -0.2) is 28.3 Å². The van der Waals surface area contributed by atoms with Crippen molar-refractivity contribution in [1.82, 2.24) is 5.32 Å². The number of aryl methyl sites for hydroxylation is 2. The van der Waals surface area contributed by atoms with E-state index >= 15 is 0 Å². The van der Waals surface area contributed by atoms with Gasteiger partial charge < -0.3 is 10.6 Å². The molecule has 2 amide bonds. The SMILES string of the molecule is Cc1cccc(C)c1NC(=O)C[C@@H]1SC(=NC2CCCCC2)NC1=O. The van der Waals surface area contributed by atoms with E-state index in [1.165, 1.54) is 31.0 Å². The second kappa shape index (κ2) is 8.04. The van der Waals surface area contributed by atoms with Crippen LogP contribution in [0.3, 0.4) is 0 Å². The van der Waals surface area contributed by atoms with Gasteiger partial charge in [-0.25, -0.2) is 0 Å². The Bertz CT molecular complexity index is 676. The molecule has 0 unspecified atom stereocenters. The first kappa shape index (κ1) is 18.0. The van der Waals surface area contributed by atoms with Gasteiger partial charge in [0.1, 0.15) is 5.25 Å². The first-order valence-corrected chi connectivity index (χ1v) is 9.82. The van der Waals surface area contributed by atoms with Crippen LogP contribution in [0.5, 0.6) is 0 Å². The van der Waals surface area contributed by atoms with Crippen LogP contribution in [0.2, 0.25) is 0 Å². The van der Waals surface area contributed by atoms with E-state index in [0.717, 1.165) is 29.7 Å². The molecule has 3 rings (SSSR count). The fourth-order valence-corrected chi connectivity index (χ4v) is 4.39. The smallest absolute Gasteiger partial charge is 0.240 e. The summed E-state index contributed by atoms with van der Waals surface area (Å²) in [4.78, 5) is 29.2. The standard InChI is InChI=1S/C19H25N3O2S/c1-12-7-6-8-13(2)17(12)21-16(23)11-15-18(24)22-19(25-15)20-14-9-4-3-5-10-14/h6-8,14-15H,3-5,9-11H2,1-2H3,(H,21,23)(H,20,22,24)/t15-/m0/s1. The molecule has 1 saturated heterocycles. The van der Waals surface area contributed by atoms with Gasteiger partial charge in [0.25, 0.3) is 0 Å². The fourth-order valence-electron chi connectivity index (χ4n) is 3.35. The molecule has 1 aromatic carbocycles. The zero-order valence-electron chi connectivity index (χ0n) is 14.8. The summed E-state index contributed by atoms with van der Waals surface area (Å²) in [7, 11) is 0. The second-order valence-electron chi connectivity index (χ2n) is 6.84. The number of anilines is 1. The van der Waals surface area contributed by atoms with Gasteiger partial charge in [0.05, 0.1) is 6.04 Å². The number of rotatable bonds is 4. The van der Waals surface area contributed by atoms with Crippen LogP contribution in [0.25, 0.3) is 0 Å². The number of nitrogens with zero attached hydrogens (tertiary/aromatic N) is 1. The Balaban J connectivity index is 1.58. The molecule has 0 bridgehead atoms. The average molecular weight is 359 g/mol. The lowest BCUT2D eigenvalue weighted by molar-refractivity contribution is -0.122. The van der Waals surface area contributed by atoms with Gasteiger partial charge in [-0.3, -0.25) is 14.6 Å². The molecule has 1 atom stereocenters. The van der Waals surface area contributed by atoms with Crippen molar-refractivity contribution >= 4 is 34.4 Å². The van der Waals surface area contributed by atoms with E-state index < -0.39 is 5.25 Å². The Morgan fingerprint density at radius 3 is 2.60 bits per heavy atom. The van der Waals surface area contributed by atoms with E-state index in [1.807, 2.05) is 32.0 Å². The number of nitrogens with one attached hydrogen (secondary N) is 2. The average Bonchev–Trinajstić information content (AvgIpc) is 2.91. The molecule has 5 nitrogen and oxygen atoms in total. The maximum absolute atomic E-state index is 12.4. The van der Waals surface area contributed by atoms with Gasteiger partial charge in [0.15, 0.2) is 5.17 Å². The van der Waals surface area contributed by atoms with Crippen LogP contribution in [0.1, 0.15) is 49.7 Å². The quantitative estimate of drug-likeness (QED) is 0.864. The Hall–Kier alpha value is -1.82. The van der Waals surface area contributed by atoms with Crippen molar-refractivity contribution in [2.75, 3.05) is 5.32 Å². The predicted molar refractivity (Wildman–Crippen MR) is 103 cm³/mol. The Morgan fingerprint density at radius 1 is 1.24 bits per heavy atom. The van der Waals surface area contributed by atoms with Gasteiger partial charge in [-0.1, -0.05) is 49.2 Å². The highest BCUT2D eigenvalue weighted by Crippen LogP contribution is 2.27. The van der Waals surface area contributed by atoms with Crippen molar-refractivity contribution in [3.8, 4) is 0 Å². The molecule has 134 valence electrons. The van der Waals surface area contributed by atoms with Crippen LogP contribution in [0, 0.1) is 13.8 Å². The summed E-state index contributed by atoms with van der Waals surface area (Å²) in [6.45, 7) is 3.93. The lowest BCUT2D eigenvalue weighted by Gasteiger charge is -2.17. The fraction of sp³-hybridized carbons (Fsp3) is 0.526. The Labute approximate surface area is 153 Å². The summed E-state index contributed by atoms with van der Waals surface area (Å²) in [5, 5.41) is 6.07. The number of hydrogen-bond donors (Lipinski definition) is 2. The van der Waals surface area contributed by atoms with Gasteiger partial charge in [0, 0.05) is 12.1 Å². The van der Waals surface area contributed by atoms with Gasteiger partial charge in [-0.15, -0.1) is 0 Å². The molecule has 0 aromatic heterocycles. The molecule has 1 saturated carbocycles. The number of benzene rings is 1. The second-order valence-corrected chi connectivity index (χ2v) is 8.03. The largest absolute Gasteiger partial charge is 0.326 e. The van der Waals surface area contributed by atoms with Crippen LogP contribution < -0.4 is 10.6 Å². The van der Waals surface area contributed by atoms with E-state index in [-0.39, 0.29) is 18.2 Å². The Morgan fingerprint density at radius 2 is 1.92 bits per heavy atom. The van der Waals surface area contributed by atoms with Crippen molar-refractivity contribution in [2.24, 2.45) is 4.99 Å². The molecule has 2 aliphatic rings. The number of para-hydroxylation sites is 1. The van der Waals surface area contributed by atoms with Crippen molar-refractivity contribution in [3.63, 3.8) is 0 Å². The third kappa shape index (κ3) is 4.63. The highest BCUT2D eigenvalue weighted by Gasteiger charge is 2.32. The molecule has 25 heavy (non-hydrogen) atoms. The molecule has 1 aromatic rings. The number of amidine groups is 1. The first-order chi connectivity index (χ1) is 12.0. The third-order valence-electron chi connectivity index (χ3n) is 4.77. The van der Waals surface area contributed by atoms with E-state index in [4.69, 9.17) is 0 Å². The zero-order valence-corrected chi connectivity index (χ0v) is 15.6. The van der Waals surface area contributed by atoms with Crippen molar-refractivity contribution in [1.29, 1.82) is 0 Å². The molecular weight excluding hydrogens is 334 g/mol. The summed E-state index contributed by atoms with van der Waals surface area (Å²) < 4.78 is 0. The van der Waals surface area contributed by atoms with E-state index in [9.17, 15) is 9.59 Å². The summed E-state index contributed by atoms with van der Waals surface area (Å²) in [5.74, 6) is -0.250. The third-order valence-corrected chi connectivity index (χ3v) is 5.86. The van der Waals surface area contributed by atoms with Gasteiger partial charge in [0.2, 0.25) is 11.8 Å². The molecule has 1 aliphatic heterocycles. The topological polar surface area (TPSA) is 70.6 Å². The van der Waals surface area contributed by atoms with Gasteiger partial charge in [-0.05, 0) is 37.8 Å². The maximum atomic E-state index is 12.4. The Kier molecular flexibility index (Phi) is 5.78. The zero-order chi connectivity index (χ0) is 17.8. The number of aliphatic imine (C=N–C) groups is 1. The van der Waals surface area contributed by atoms with Crippen LogP contribution in [0.15, 0.2) is 23.2 Å². The lowest BCUT2D eigenvalue weighted by Crippen LogP contribution is -2.28. The molecule has 0 radical (unpaired) electrons. The minimum absolute atomic E-state index is 0.115. The number of hydrogen-bond acceptors (Lipinski definition) is 4. The normalized spacial score (nSPS) is 22.9. The van der Waals surface area contributed by atoms with Crippen molar-refractivity contribution in [2.45, 2.75) is 63.7 Å². The highest BCUT2D eigenvalue weighted by atomic mass is 32.2. The maximum Gasteiger partial charge on any atom is 0.240 e. The van der Waals surface area contributed by atoms with E-state index in [2.05, 4.69) is 15.6 Å². The van der Waals surface area contributed by atoms with Crippen LogP contribution in [0.4, 0.5) is 5.69 Å². The lowest BCUT2D eigenvalue weighted by atomic mass is 9.96. The monoisotopic (exact) mass is 359 g/mol. The first-order valence-electron chi connectivity index (χ1n) is 8.94. The van der Waals surface area contributed by atoms with E-state index in [1.54, 1.807) is 0 Å². The van der Waals surface area contributed by atoms with Crippen LogP contribution in [-0.2, 0) is 9.59 Å². The molecule has 2 N–H and O–H groups in total. The minimum atomic E-state index is -0.397. The molecule has 0 spiro atoms. The van der Waals surface area contributed by atoms with Crippen molar-refractivity contribution < 1.29 is 9.59 Å². The number of carbonyl (C=O) groups is 2. The number of carbonyl (C=O) groups excluding carboxylic acids is 2. The minimum Gasteiger partial charge on any atom is -0.326 e. The van der Waals surface area contributed by atoms with Crippen molar-refractivity contribution in [3.05, 3.63) is 29.3 Å².